The second kappa shape index (κ2) is 6.24. The number of ether oxygens (including phenoxy) is 1. The van der Waals surface area contributed by atoms with Crippen molar-refractivity contribution in [3.05, 3.63) is 46.5 Å². The summed E-state index contributed by atoms with van der Waals surface area (Å²) >= 11 is 0. The van der Waals surface area contributed by atoms with Gasteiger partial charge in [0.1, 0.15) is 0 Å². The predicted octanol–water partition coefficient (Wildman–Crippen LogP) is 3.14. The van der Waals surface area contributed by atoms with Gasteiger partial charge in [-0.3, -0.25) is 14.9 Å². The van der Waals surface area contributed by atoms with Crippen LogP contribution in [-0.4, -0.2) is 30.6 Å². The molecule has 1 atom stereocenters. The normalized spacial score (nSPS) is 17.4. The zero-order valence-electron chi connectivity index (χ0n) is 12.9. The Morgan fingerprint density at radius 3 is 2.74 bits per heavy atom. The van der Waals surface area contributed by atoms with Crippen LogP contribution in [0.1, 0.15) is 13.3 Å². The fraction of sp³-hybridized carbons (Fsp3) is 0.353. The molecule has 1 heterocycles. The van der Waals surface area contributed by atoms with Crippen LogP contribution in [0.3, 0.4) is 0 Å². The second-order valence-corrected chi connectivity index (χ2v) is 5.59. The summed E-state index contributed by atoms with van der Waals surface area (Å²) in [5, 5.41) is 12.7. The van der Waals surface area contributed by atoms with E-state index in [1.165, 1.54) is 6.07 Å². The highest BCUT2D eigenvalue weighted by Crippen LogP contribution is 2.35. The van der Waals surface area contributed by atoms with Crippen molar-refractivity contribution in [2.75, 3.05) is 24.6 Å². The van der Waals surface area contributed by atoms with E-state index in [0.29, 0.717) is 18.5 Å². The van der Waals surface area contributed by atoms with Crippen LogP contribution >= 0.6 is 0 Å². The number of benzene rings is 2. The molecule has 0 amide bonds. The molecule has 0 spiro atoms. The number of carbonyl (C=O) groups is 1. The molecule has 0 aliphatic carbocycles. The highest BCUT2D eigenvalue weighted by atomic mass is 16.6. The van der Waals surface area contributed by atoms with Crippen molar-refractivity contribution in [1.82, 2.24) is 0 Å². The van der Waals surface area contributed by atoms with E-state index in [1.807, 2.05) is 12.1 Å². The smallest absolute Gasteiger partial charge is 0.310 e. The summed E-state index contributed by atoms with van der Waals surface area (Å²) in [6, 6.07) is 10.6. The van der Waals surface area contributed by atoms with Crippen molar-refractivity contribution >= 4 is 28.1 Å². The standard InChI is InChI=1S/C17H18N2O4/c1-2-23-17(20)12-9-10-18(11-12)15-7-8-16(19(21)22)14-6-4-3-5-13(14)15/h3-8,12H,2,9-11H2,1H3/t12-/m1/s1. The van der Waals surface area contributed by atoms with Crippen LogP contribution in [0.25, 0.3) is 10.8 Å². The highest BCUT2D eigenvalue weighted by molar-refractivity contribution is 6.00. The number of hydrogen-bond acceptors (Lipinski definition) is 5. The first kappa shape index (κ1) is 15.3. The first-order chi connectivity index (χ1) is 11.1. The Morgan fingerprint density at radius 1 is 1.30 bits per heavy atom. The summed E-state index contributed by atoms with van der Waals surface area (Å²) in [4.78, 5) is 24.8. The SMILES string of the molecule is CCOC(=O)[C@@H]1CCN(c2ccc([N+](=O)[O-])c3ccccc23)C1. The fourth-order valence-electron chi connectivity index (χ4n) is 3.13. The van der Waals surface area contributed by atoms with E-state index in [2.05, 4.69) is 4.90 Å². The third-order valence-corrected chi connectivity index (χ3v) is 4.22. The van der Waals surface area contributed by atoms with E-state index in [-0.39, 0.29) is 22.5 Å². The Bertz CT molecular complexity index is 759. The number of nitrogens with zero attached hydrogens (tertiary/aromatic N) is 2. The maximum Gasteiger partial charge on any atom is 0.310 e. The fourth-order valence-corrected chi connectivity index (χ4v) is 3.13. The largest absolute Gasteiger partial charge is 0.466 e. The van der Waals surface area contributed by atoms with Crippen LogP contribution in [0.5, 0.6) is 0 Å². The Kier molecular flexibility index (Phi) is 4.14. The minimum Gasteiger partial charge on any atom is -0.466 e. The molecule has 6 nitrogen and oxygen atoms in total. The molecule has 2 aromatic rings. The molecule has 120 valence electrons. The van der Waals surface area contributed by atoms with E-state index in [0.717, 1.165) is 24.0 Å². The van der Waals surface area contributed by atoms with Gasteiger partial charge in [0, 0.05) is 30.2 Å². The van der Waals surface area contributed by atoms with Crippen molar-refractivity contribution in [3.63, 3.8) is 0 Å². The molecule has 0 saturated carbocycles. The second-order valence-electron chi connectivity index (χ2n) is 5.59. The average Bonchev–Trinajstić information content (AvgIpc) is 3.03. The molecule has 0 unspecified atom stereocenters. The summed E-state index contributed by atoms with van der Waals surface area (Å²) in [5.41, 5.74) is 1.03. The first-order valence-electron chi connectivity index (χ1n) is 7.69. The number of nitro groups is 1. The Hall–Kier alpha value is -2.63. The van der Waals surface area contributed by atoms with Gasteiger partial charge in [0.15, 0.2) is 0 Å². The number of carbonyl (C=O) groups excluding carboxylic acids is 1. The van der Waals surface area contributed by atoms with Crippen LogP contribution < -0.4 is 4.90 Å². The molecule has 1 aliphatic rings. The molecule has 0 N–H and O–H groups in total. The van der Waals surface area contributed by atoms with E-state index < -0.39 is 0 Å². The molecule has 6 heteroatoms. The van der Waals surface area contributed by atoms with E-state index >= 15 is 0 Å². The number of non-ortho nitro benzene ring substituents is 1. The average molecular weight is 314 g/mol. The summed E-state index contributed by atoms with van der Waals surface area (Å²) < 4.78 is 5.09. The molecule has 1 fully saturated rings. The van der Waals surface area contributed by atoms with Crippen molar-refractivity contribution in [1.29, 1.82) is 0 Å². The molecular formula is C17H18N2O4. The van der Waals surface area contributed by atoms with Crippen LogP contribution in [0, 0.1) is 16.0 Å². The van der Waals surface area contributed by atoms with Gasteiger partial charge in [-0.1, -0.05) is 18.2 Å². The van der Waals surface area contributed by atoms with E-state index in [9.17, 15) is 14.9 Å². The maximum atomic E-state index is 11.9. The third-order valence-electron chi connectivity index (χ3n) is 4.22. The predicted molar refractivity (Wildman–Crippen MR) is 87.6 cm³/mol. The van der Waals surface area contributed by atoms with Gasteiger partial charge in [-0.25, -0.2) is 0 Å². The Labute approximate surface area is 133 Å². The lowest BCUT2D eigenvalue weighted by molar-refractivity contribution is -0.383. The van der Waals surface area contributed by atoms with Gasteiger partial charge in [-0.05, 0) is 25.5 Å². The monoisotopic (exact) mass is 314 g/mol. The topological polar surface area (TPSA) is 72.7 Å². The van der Waals surface area contributed by atoms with Crippen molar-refractivity contribution in [2.45, 2.75) is 13.3 Å². The summed E-state index contributed by atoms with van der Waals surface area (Å²) in [7, 11) is 0. The molecule has 0 radical (unpaired) electrons. The van der Waals surface area contributed by atoms with Gasteiger partial charge in [0.25, 0.3) is 5.69 Å². The van der Waals surface area contributed by atoms with E-state index in [1.54, 1.807) is 25.1 Å². The number of esters is 1. The van der Waals surface area contributed by atoms with Crippen LogP contribution in [-0.2, 0) is 9.53 Å². The minimum atomic E-state index is -0.364. The lowest BCUT2D eigenvalue weighted by Gasteiger charge is -2.20. The first-order valence-corrected chi connectivity index (χ1v) is 7.69. The summed E-state index contributed by atoms with van der Waals surface area (Å²) in [6.07, 6.45) is 0.740. The van der Waals surface area contributed by atoms with Crippen LogP contribution in [0.15, 0.2) is 36.4 Å². The molecule has 23 heavy (non-hydrogen) atoms. The number of nitro benzene ring substituents is 1. The zero-order valence-corrected chi connectivity index (χ0v) is 12.9. The molecule has 1 saturated heterocycles. The third kappa shape index (κ3) is 2.84. The van der Waals surface area contributed by atoms with Gasteiger partial charge < -0.3 is 9.64 Å². The maximum absolute atomic E-state index is 11.9. The molecule has 1 aliphatic heterocycles. The number of rotatable bonds is 4. The van der Waals surface area contributed by atoms with E-state index in [4.69, 9.17) is 4.74 Å². The Morgan fingerprint density at radius 2 is 2.04 bits per heavy atom. The van der Waals surface area contributed by atoms with Gasteiger partial charge in [0.05, 0.1) is 22.8 Å². The lowest BCUT2D eigenvalue weighted by Crippen LogP contribution is -2.24. The molecule has 3 rings (SSSR count). The molecular weight excluding hydrogens is 296 g/mol. The highest BCUT2D eigenvalue weighted by Gasteiger charge is 2.30. The number of fused-ring (bicyclic) bond motifs is 1. The molecule has 0 aromatic heterocycles. The lowest BCUT2D eigenvalue weighted by atomic mass is 10.1. The quantitative estimate of drug-likeness (QED) is 0.492. The van der Waals surface area contributed by atoms with Gasteiger partial charge >= 0.3 is 5.97 Å². The molecule has 0 bridgehead atoms. The summed E-state index contributed by atoms with van der Waals surface area (Å²) in [5.74, 6) is -0.301. The molecule has 2 aromatic carbocycles. The van der Waals surface area contributed by atoms with Crippen LogP contribution in [0.4, 0.5) is 11.4 Å². The zero-order chi connectivity index (χ0) is 16.4. The van der Waals surface area contributed by atoms with Crippen molar-refractivity contribution < 1.29 is 14.5 Å². The Balaban J connectivity index is 1.94. The minimum absolute atomic E-state index is 0.102. The number of hydrogen-bond donors (Lipinski definition) is 0. The van der Waals surface area contributed by atoms with Crippen molar-refractivity contribution in [2.24, 2.45) is 5.92 Å². The number of anilines is 1. The summed E-state index contributed by atoms with van der Waals surface area (Å²) in [6.45, 7) is 3.51. The van der Waals surface area contributed by atoms with Crippen LogP contribution in [0.2, 0.25) is 0 Å². The van der Waals surface area contributed by atoms with Crippen molar-refractivity contribution in [3.8, 4) is 0 Å². The van der Waals surface area contributed by atoms with Gasteiger partial charge in [-0.15, -0.1) is 0 Å². The van der Waals surface area contributed by atoms with Gasteiger partial charge in [-0.2, -0.15) is 0 Å². The van der Waals surface area contributed by atoms with Gasteiger partial charge in [0.2, 0.25) is 0 Å².